The van der Waals surface area contributed by atoms with Gasteiger partial charge < -0.3 is 9.63 Å². The zero-order chi connectivity index (χ0) is 13.0. The predicted molar refractivity (Wildman–Crippen MR) is 74.6 cm³/mol. The van der Waals surface area contributed by atoms with Crippen LogP contribution >= 0.6 is 18.9 Å². The Morgan fingerprint density at radius 1 is 1.44 bits per heavy atom. The number of hydrogen-bond donors (Lipinski definition) is 1. The lowest BCUT2D eigenvalue weighted by molar-refractivity contribution is 0.415. The van der Waals surface area contributed by atoms with Gasteiger partial charge in [0.2, 0.25) is 7.65 Å². The van der Waals surface area contributed by atoms with Gasteiger partial charge in [0.25, 0.3) is 0 Å². The van der Waals surface area contributed by atoms with Crippen molar-refractivity contribution in [3.8, 4) is 17.6 Å². The minimum absolute atomic E-state index is 0.0701. The molecule has 1 N–H and O–H groups in total. The zero-order valence-electron chi connectivity index (χ0n) is 10.1. The highest BCUT2D eigenvalue weighted by Gasteiger charge is 2.27. The average molecular weight is 284 g/mol. The summed E-state index contributed by atoms with van der Waals surface area (Å²) < 4.78 is 6.96. The van der Waals surface area contributed by atoms with Crippen molar-refractivity contribution >= 4 is 18.9 Å². The Morgan fingerprint density at radius 2 is 2.17 bits per heavy atom. The first-order valence-corrected chi connectivity index (χ1v) is 7.93. The van der Waals surface area contributed by atoms with Crippen LogP contribution in [-0.4, -0.2) is 29.3 Å². The molecule has 1 aromatic rings. The lowest BCUT2D eigenvalue weighted by Gasteiger charge is -2.19. The second-order valence-electron chi connectivity index (χ2n) is 4.06. The summed E-state index contributed by atoms with van der Waals surface area (Å²) in [5.74, 6) is 7.11. The van der Waals surface area contributed by atoms with E-state index in [1.807, 2.05) is 28.9 Å². The molecule has 2 atom stereocenters. The molecule has 0 saturated carbocycles. The highest BCUT2D eigenvalue weighted by molar-refractivity contribution is 7.77. The van der Waals surface area contributed by atoms with Gasteiger partial charge in [-0.25, -0.2) is 4.67 Å². The number of hydrogen-bond acceptors (Lipinski definition) is 3. The smallest absolute Gasteiger partial charge is 0.205 e. The quantitative estimate of drug-likeness (QED) is 0.669. The van der Waals surface area contributed by atoms with Crippen LogP contribution in [0.1, 0.15) is 18.4 Å². The molecule has 96 valence electrons. The second kappa shape index (κ2) is 6.41. The molecule has 18 heavy (non-hydrogen) atoms. The molecule has 1 unspecified atom stereocenters. The molecule has 3 nitrogen and oxygen atoms in total. The van der Waals surface area contributed by atoms with Gasteiger partial charge in [-0.2, -0.15) is 0 Å². The summed E-state index contributed by atoms with van der Waals surface area (Å²) >= 11 is 5.76. The number of nitrogens with zero attached hydrogens (tertiary/aromatic N) is 1. The number of benzene rings is 1. The lowest BCUT2D eigenvalue weighted by Crippen LogP contribution is -2.21. The van der Waals surface area contributed by atoms with E-state index in [9.17, 15) is 4.89 Å². The Hall–Kier alpha value is -0.780. The molecule has 0 aliphatic carbocycles. The van der Waals surface area contributed by atoms with Crippen molar-refractivity contribution in [3.63, 3.8) is 0 Å². The third-order valence-corrected chi connectivity index (χ3v) is 4.39. The lowest BCUT2D eigenvalue weighted by atomic mass is 10.2. The first-order valence-electron chi connectivity index (χ1n) is 5.77. The Morgan fingerprint density at radius 3 is 2.78 bits per heavy atom. The second-order valence-corrected chi connectivity index (χ2v) is 5.96. The topological polar surface area (TPSA) is 32.7 Å². The largest absolute Gasteiger partial charge is 0.497 e. The number of rotatable bonds is 2. The maximum atomic E-state index is 9.46. The van der Waals surface area contributed by atoms with E-state index in [4.69, 9.17) is 16.0 Å². The molecule has 1 aliphatic rings. The Labute approximate surface area is 113 Å². The van der Waals surface area contributed by atoms with E-state index in [0.717, 1.165) is 30.7 Å². The molecule has 1 heterocycles. The highest BCUT2D eigenvalue weighted by Crippen LogP contribution is 2.45. The van der Waals surface area contributed by atoms with Crippen molar-refractivity contribution in [2.45, 2.75) is 18.9 Å². The van der Waals surface area contributed by atoms with Crippen LogP contribution in [0.15, 0.2) is 24.3 Å². The zero-order valence-corrected chi connectivity index (χ0v) is 11.8. The highest BCUT2D eigenvalue weighted by atomic mass is 35.7. The number of halogens is 1. The SMILES string of the molecule is COc1ccc(C#C[C@@H]2CCCN2P(O)Cl)cc1. The van der Waals surface area contributed by atoms with E-state index in [1.165, 1.54) is 0 Å². The molecule has 0 radical (unpaired) electrons. The summed E-state index contributed by atoms with van der Waals surface area (Å²) in [5, 5.41) is 0. The normalized spacial score (nSPS) is 21.2. The van der Waals surface area contributed by atoms with Gasteiger partial charge in [-0.05, 0) is 48.3 Å². The van der Waals surface area contributed by atoms with Crippen molar-refractivity contribution in [1.29, 1.82) is 0 Å². The van der Waals surface area contributed by atoms with Crippen LogP contribution in [0.25, 0.3) is 0 Å². The monoisotopic (exact) mass is 283 g/mol. The molecule has 1 aromatic carbocycles. The molecule has 5 heteroatoms. The van der Waals surface area contributed by atoms with Crippen LogP contribution in [0.3, 0.4) is 0 Å². The average Bonchev–Trinajstić information content (AvgIpc) is 2.85. The minimum Gasteiger partial charge on any atom is -0.497 e. The molecule has 0 spiro atoms. The van der Waals surface area contributed by atoms with Crippen LogP contribution in [0.2, 0.25) is 0 Å². The number of methoxy groups -OCH3 is 1. The maximum Gasteiger partial charge on any atom is 0.205 e. The van der Waals surface area contributed by atoms with Gasteiger partial charge in [-0.15, -0.1) is 0 Å². The molecular formula is C13H15ClNO2P. The van der Waals surface area contributed by atoms with Crippen LogP contribution in [0.4, 0.5) is 0 Å². The first-order chi connectivity index (χ1) is 8.70. The van der Waals surface area contributed by atoms with Gasteiger partial charge in [0.15, 0.2) is 0 Å². The third kappa shape index (κ3) is 3.37. The van der Waals surface area contributed by atoms with Gasteiger partial charge in [0.05, 0.1) is 13.2 Å². The number of ether oxygens (including phenoxy) is 1. The summed E-state index contributed by atoms with van der Waals surface area (Å²) in [6, 6.07) is 7.69. The fourth-order valence-corrected chi connectivity index (χ4v) is 3.19. The van der Waals surface area contributed by atoms with Crippen molar-refractivity contribution in [2.75, 3.05) is 13.7 Å². The van der Waals surface area contributed by atoms with Crippen molar-refractivity contribution in [3.05, 3.63) is 29.8 Å². The molecule has 1 saturated heterocycles. The fraction of sp³-hybridized carbons (Fsp3) is 0.385. The molecule has 1 aliphatic heterocycles. The maximum absolute atomic E-state index is 9.46. The molecular weight excluding hydrogens is 269 g/mol. The van der Waals surface area contributed by atoms with E-state index < -0.39 is 7.65 Å². The summed E-state index contributed by atoms with van der Waals surface area (Å²) in [4.78, 5) is 9.46. The summed E-state index contributed by atoms with van der Waals surface area (Å²) in [6.07, 6.45) is 2.00. The van der Waals surface area contributed by atoms with Gasteiger partial charge in [-0.1, -0.05) is 11.8 Å². The van der Waals surface area contributed by atoms with Gasteiger partial charge in [0, 0.05) is 12.1 Å². The van der Waals surface area contributed by atoms with Crippen LogP contribution in [0, 0.1) is 11.8 Å². The van der Waals surface area contributed by atoms with E-state index >= 15 is 0 Å². The summed E-state index contributed by atoms with van der Waals surface area (Å²) in [6.45, 7) is 0.827. The molecule has 0 bridgehead atoms. The van der Waals surface area contributed by atoms with Gasteiger partial charge in [-0.3, -0.25) is 0 Å². The molecule has 0 amide bonds. The van der Waals surface area contributed by atoms with Crippen molar-refractivity contribution in [1.82, 2.24) is 4.67 Å². The Bertz CT molecular complexity index is 452. The molecule has 1 fully saturated rings. The summed E-state index contributed by atoms with van der Waals surface area (Å²) in [7, 11) is 0.0939. The van der Waals surface area contributed by atoms with Crippen molar-refractivity contribution in [2.24, 2.45) is 0 Å². The Kier molecular flexibility index (Phi) is 4.86. The van der Waals surface area contributed by atoms with E-state index in [0.29, 0.717) is 0 Å². The summed E-state index contributed by atoms with van der Waals surface area (Å²) in [5.41, 5.74) is 0.944. The first kappa shape index (κ1) is 13.6. The van der Waals surface area contributed by atoms with Crippen LogP contribution in [0.5, 0.6) is 5.75 Å². The van der Waals surface area contributed by atoms with Crippen molar-refractivity contribution < 1.29 is 9.63 Å². The Balaban J connectivity index is 2.06. The van der Waals surface area contributed by atoms with Gasteiger partial charge >= 0.3 is 0 Å². The minimum atomic E-state index is -1.55. The van der Waals surface area contributed by atoms with Crippen LogP contribution < -0.4 is 4.74 Å². The molecule has 0 aromatic heterocycles. The van der Waals surface area contributed by atoms with E-state index in [1.54, 1.807) is 7.11 Å². The predicted octanol–water partition coefficient (Wildman–Crippen LogP) is 2.97. The van der Waals surface area contributed by atoms with E-state index in [-0.39, 0.29) is 6.04 Å². The molecule has 2 rings (SSSR count). The van der Waals surface area contributed by atoms with E-state index in [2.05, 4.69) is 11.8 Å². The third-order valence-electron chi connectivity index (χ3n) is 2.91. The standard InChI is InChI=1S/C13H15ClNO2P/c1-17-13-8-5-11(6-9-13)4-7-12-3-2-10-15(12)18(14)16/h5-6,8-9,12,16H,2-3,10H2,1H3/t12-,18?/m0/s1. The fourth-order valence-electron chi connectivity index (χ4n) is 1.94. The van der Waals surface area contributed by atoms with Crippen LogP contribution in [-0.2, 0) is 0 Å². The van der Waals surface area contributed by atoms with Gasteiger partial charge in [0.1, 0.15) is 5.75 Å².